The van der Waals surface area contributed by atoms with E-state index < -0.39 is 0 Å². The van der Waals surface area contributed by atoms with Crippen LogP contribution in [-0.4, -0.2) is 0 Å². The lowest BCUT2D eigenvalue weighted by atomic mass is 10.0. The van der Waals surface area contributed by atoms with Crippen molar-refractivity contribution in [2.24, 2.45) is 0 Å². The molecule has 94 valence electrons. The van der Waals surface area contributed by atoms with Crippen LogP contribution in [0.3, 0.4) is 0 Å². The largest absolute Gasteiger partial charge is 0.207 e. The Labute approximate surface area is 114 Å². The van der Waals surface area contributed by atoms with Crippen LogP contribution in [0.25, 0.3) is 0 Å². The molecule has 0 spiro atoms. The van der Waals surface area contributed by atoms with Gasteiger partial charge in [-0.3, -0.25) is 0 Å². The summed E-state index contributed by atoms with van der Waals surface area (Å²) >= 11 is 3.44. The van der Waals surface area contributed by atoms with Gasteiger partial charge in [-0.25, -0.2) is 8.78 Å². The highest BCUT2D eigenvalue weighted by atomic mass is 79.9. The summed E-state index contributed by atoms with van der Waals surface area (Å²) in [7, 11) is 0. The van der Waals surface area contributed by atoms with E-state index in [4.69, 9.17) is 0 Å². The molecule has 0 aliphatic carbocycles. The lowest BCUT2D eigenvalue weighted by Crippen LogP contribution is -2.01. The predicted octanol–water partition coefficient (Wildman–Crippen LogP) is 4.95. The van der Waals surface area contributed by atoms with E-state index in [-0.39, 0.29) is 16.5 Å². The van der Waals surface area contributed by atoms with Crippen molar-refractivity contribution in [1.29, 1.82) is 0 Å². The zero-order valence-corrected chi connectivity index (χ0v) is 11.5. The van der Waals surface area contributed by atoms with Gasteiger partial charge in [0.1, 0.15) is 11.6 Å². The molecule has 0 nitrogen and oxygen atoms in total. The van der Waals surface area contributed by atoms with Crippen molar-refractivity contribution in [3.63, 3.8) is 0 Å². The monoisotopic (exact) mass is 310 g/mol. The molecule has 0 amide bonds. The molecule has 0 saturated carbocycles. The van der Waals surface area contributed by atoms with Gasteiger partial charge in [0, 0.05) is 10.4 Å². The van der Waals surface area contributed by atoms with Crippen molar-refractivity contribution < 1.29 is 8.78 Å². The Morgan fingerprint density at radius 1 is 1.06 bits per heavy atom. The second kappa shape index (κ2) is 5.61. The molecule has 1 unspecified atom stereocenters. The molecular formula is C15H13BrF2. The Hall–Kier alpha value is -1.22. The summed E-state index contributed by atoms with van der Waals surface area (Å²) in [4.78, 5) is -0.228. The van der Waals surface area contributed by atoms with E-state index in [0.717, 1.165) is 0 Å². The molecule has 18 heavy (non-hydrogen) atoms. The summed E-state index contributed by atoms with van der Waals surface area (Å²) in [5.74, 6) is -0.481. The molecule has 3 heteroatoms. The fourth-order valence-electron chi connectivity index (χ4n) is 1.88. The second-order valence-corrected chi connectivity index (χ2v) is 5.35. The number of halogens is 3. The molecule has 0 N–H and O–H groups in total. The average Bonchev–Trinajstić information content (AvgIpc) is 2.35. The van der Waals surface area contributed by atoms with Crippen molar-refractivity contribution in [2.45, 2.75) is 18.2 Å². The van der Waals surface area contributed by atoms with Gasteiger partial charge in [0.2, 0.25) is 0 Å². The summed E-state index contributed by atoms with van der Waals surface area (Å²) in [6.45, 7) is 1.72. The van der Waals surface area contributed by atoms with Crippen LogP contribution in [0.1, 0.15) is 21.5 Å². The molecule has 2 aromatic carbocycles. The number of alkyl halides is 1. The van der Waals surface area contributed by atoms with Crippen LogP contribution < -0.4 is 0 Å². The Bertz CT molecular complexity index is 552. The van der Waals surface area contributed by atoms with Crippen LogP contribution in [0.15, 0.2) is 42.5 Å². The average molecular weight is 311 g/mol. The van der Waals surface area contributed by atoms with Crippen LogP contribution in [0, 0.1) is 18.6 Å². The number of hydrogen-bond acceptors (Lipinski definition) is 0. The van der Waals surface area contributed by atoms with Crippen molar-refractivity contribution in [3.05, 3.63) is 70.8 Å². The van der Waals surface area contributed by atoms with Gasteiger partial charge in [-0.2, -0.15) is 0 Å². The van der Waals surface area contributed by atoms with E-state index in [9.17, 15) is 8.78 Å². The molecule has 0 heterocycles. The quantitative estimate of drug-likeness (QED) is 0.703. The SMILES string of the molecule is Cc1cccc(C(Br)Cc2ccccc2F)c1F. The van der Waals surface area contributed by atoms with Gasteiger partial charge < -0.3 is 0 Å². The first kappa shape index (κ1) is 13.2. The Balaban J connectivity index is 2.25. The van der Waals surface area contributed by atoms with Crippen molar-refractivity contribution in [1.82, 2.24) is 0 Å². The van der Waals surface area contributed by atoms with Gasteiger partial charge in [0.05, 0.1) is 0 Å². The lowest BCUT2D eigenvalue weighted by molar-refractivity contribution is 0.589. The van der Waals surface area contributed by atoms with Crippen LogP contribution in [-0.2, 0) is 6.42 Å². The van der Waals surface area contributed by atoms with E-state index in [0.29, 0.717) is 23.1 Å². The van der Waals surface area contributed by atoms with Gasteiger partial charge in [0.25, 0.3) is 0 Å². The third-order valence-corrected chi connectivity index (χ3v) is 3.73. The molecular weight excluding hydrogens is 298 g/mol. The van der Waals surface area contributed by atoms with Gasteiger partial charge in [-0.1, -0.05) is 52.3 Å². The Kier molecular flexibility index (Phi) is 4.12. The van der Waals surface area contributed by atoms with E-state index in [1.54, 1.807) is 37.3 Å². The minimum Gasteiger partial charge on any atom is -0.207 e. The summed E-state index contributed by atoms with van der Waals surface area (Å²) in [6.07, 6.45) is 0.424. The summed E-state index contributed by atoms with van der Waals surface area (Å²) in [5.41, 5.74) is 1.75. The molecule has 2 aromatic rings. The lowest BCUT2D eigenvalue weighted by Gasteiger charge is -2.13. The number of hydrogen-bond donors (Lipinski definition) is 0. The zero-order chi connectivity index (χ0) is 13.1. The molecule has 0 aromatic heterocycles. The topological polar surface area (TPSA) is 0 Å². The third kappa shape index (κ3) is 2.78. The van der Waals surface area contributed by atoms with Gasteiger partial charge in [-0.05, 0) is 30.5 Å². The molecule has 0 fully saturated rings. The smallest absolute Gasteiger partial charge is 0.130 e. The van der Waals surface area contributed by atoms with Crippen LogP contribution >= 0.6 is 15.9 Å². The number of benzene rings is 2. The van der Waals surface area contributed by atoms with E-state index in [2.05, 4.69) is 15.9 Å². The zero-order valence-electron chi connectivity index (χ0n) is 9.96. The molecule has 0 aliphatic heterocycles. The maximum absolute atomic E-state index is 13.9. The first-order valence-corrected chi connectivity index (χ1v) is 6.63. The highest BCUT2D eigenvalue weighted by Gasteiger charge is 2.15. The van der Waals surface area contributed by atoms with Crippen LogP contribution in [0.2, 0.25) is 0 Å². The van der Waals surface area contributed by atoms with Gasteiger partial charge in [-0.15, -0.1) is 0 Å². The highest BCUT2D eigenvalue weighted by Crippen LogP contribution is 2.30. The van der Waals surface area contributed by atoms with E-state index >= 15 is 0 Å². The van der Waals surface area contributed by atoms with Crippen molar-refractivity contribution in [2.75, 3.05) is 0 Å². The first-order valence-electron chi connectivity index (χ1n) is 5.72. The molecule has 0 bridgehead atoms. The highest BCUT2D eigenvalue weighted by molar-refractivity contribution is 9.09. The maximum atomic E-state index is 13.9. The minimum absolute atomic E-state index is 0.226. The van der Waals surface area contributed by atoms with Crippen LogP contribution in [0.4, 0.5) is 8.78 Å². The van der Waals surface area contributed by atoms with Crippen LogP contribution in [0.5, 0.6) is 0 Å². The van der Waals surface area contributed by atoms with Gasteiger partial charge >= 0.3 is 0 Å². The van der Waals surface area contributed by atoms with Crippen molar-refractivity contribution in [3.8, 4) is 0 Å². The molecule has 0 radical (unpaired) electrons. The standard InChI is InChI=1S/C15H13BrF2/c1-10-5-4-7-12(15(10)18)13(16)9-11-6-2-3-8-14(11)17/h2-8,13H,9H2,1H3. The molecule has 1 atom stereocenters. The van der Waals surface area contributed by atoms with Crippen molar-refractivity contribution >= 4 is 15.9 Å². The Morgan fingerprint density at radius 2 is 1.78 bits per heavy atom. The fourth-order valence-corrected chi connectivity index (χ4v) is 2.58. The fraction of sp³-hybridized carbons (Fsp3) is 0.200. The second-order valence-electron chi connectivity index (χ2n) is 4.24. The summed E-state index contributed by atoms with van der Waals surface area (Å²) in [6, 6.07) is 11.8. The first-order chi connectivity index (χ1) is 8.59. The minimum atomic E-state index is -0.255. The molecule has 2 rings (SSSR count). The predicted molar refractivity (Wildman–Crippen MR) is 72.9 cm³/mol. The van der Waals surface area contributed by atoms with E-state index in [1.807, 2.05) is 6.07 Å². The summed E-state index contributed by atoms with van der Waals surface area (Å²) in [5, 5.41) is 0. The molecule has 0 aliphatic rings. The summed E-state index contributed by atoms with van der Waals surface area (Å²) < 4.78 is 27.5. The Morgan fingerprint density at radius 3 is 2.50 bits per heavy atom. The number of aryl methyl sites for hydroxylation is 1. The normalized spacial score (nSPS) is 12.4. The van der Waals surface area contributed by atoms with Gasteiger partial charge in [0.15, 0.2) is 0 Å². The molecule has 0 saturated heterocycles. The van der Waals surface area contributed by atoms with E-state index in [1.165, 1.54) is 6.07 Å². The number of rotatable bonds is 3. The maximum Gasteiger partial charge on any atom is 0.130 e. The third-order valence-electron chi connectivity index (χ3n) is 2.92.